The van der Waals surface area contributed by atoms with Crippen LogP contribution in [0.1, 0.15) is 29.3 Å². The van der Waals surface area contributed by atoms with Gasteiger partial charge in [0.05, 0.1) is 16.4 Å². The van der Waals surface area contributed by atoms with Crippen molar-refractivity contribution in [2.75, 3.05) is 0 Å². The van der Waals surface area contributed by atoms with Gasteiger partial charge in [0.1, 0.15) is 5.82 Å². The molecule has 4 heteroatoms. The normalized spacial score (nSPS) is 12.8. The molecule has 0 fully saturated rings. The first-order valence-corrected chi connectivity index (χ1v) is 7.08. The maximum absolute atomic E-state index is 6.29. The maximum Gasteiger partial charge on any atom is 0.128 e. The van der Waals surface area contributed by atoms with Crippen molar-refractivity contribution in [3.05, 3.63) is 59.7 Å². The van der Waals surface area contributed by atoms with E-state index < -0.39 is 0 Å². The highest BCUT2D eigenvalue weighted by Gasteiger charge is 2.15. The summed E-state index contributed by atoms with van der Waals surface area (Å²) in [5.41, 5.74) is 4.52. The van der Waals surface area contributed by atoms with Crippen molar-refractivity contribution in [1.29, 1.82) is 0 Å². The minimum absolute atomic E-state index is 0.121. The molecule has 20 heavy (non-hydrogen) atoms. The van der Waals surface area contributed by atoms with Gasteiger partial charge in [-0.2, -0.15) is 0 Å². The molecule has 3 aromatic rings. The van der Waals surface area contributed by atoms with E-state index in [2.05, 4.69) is 39.7 Å². The van der Waals surface area contributed by atoms with E-state index in [4.69, 9.17) is 11.6 Å². The van der Waals surface area contributed by atoms with Gasteiger partial charge in [0, 0.05) is 18.9 Å². The number of nitrogens with zero attached hydrogens (tertiary/aromatic N) is 3. The molecule has 102 valence electrons. The van der Waals surface area contributed by atoms with E-state index in [0.717, 1.165) is 23.4 Å². The number of halogens is 1. The second kappa shape index (κ2) is 5.25. The number of imidazole rings is 1. The topological polar surface area (TPSA) is 30.7 Å². The van der Waals surface area contributed by atoms with Gasteiger partial charge in [-0.05, 0) is 49.2 Å². The molecule has 1 atom stereocenters. The number of aryl methyl sites for hydroxylation is 1. The lowest BCUT2D eigenvalue weighted by molar-refractivity contribution is 0.742. The Bertz CT molecular complexity index is 732. The minimum atomic E-state index is -0.121. The lowest BCUT2D eigenvalue weighted by atomic mass is 10.2. The summed E-state index contributed by atoms with van der Waals surface area (Å²) in [6.07, 6.45) is 3.62. The van der Waals surface area contributed by atoms with Crippen LogP contribution in [-0.2, 0) is 6.54 Å². The number of pyridine rings is 1. The Kier molecular flexibility index (Phi) is 3.45. The third kappa shape index (κ3) is 2.41. The molecule has 1 aromatic carbocycles. The van der Waals surface area contributed by atoms with E-state index in [-0.39, 0.29) is 5.38 Å². The Labute approximate surface area is 123 Å². The number of rotatable bonds is 3. The molecule has 3 nitrogen and oxygen atoms in total. The molecular weight excluding hydrogens is 270 g/mol. The van der Waals surface area contributed by atoms with Crippen LogP contribution < -0.4 is 0 Å². The second-order valence-corrected chi connectivity index (χ2v) is 5.67. The second-order valence-electron chi connectivity index (χ2n) is 5.02. The molecule has 0 saturated heterocycles. The fraction of sp³-hybridized carbons (Fsp3) is 0.250. The van der Waals surface area contributed by atoms with Crippen LogP contribution in [0.3, 0.4) is 0 Å². The van der Waals surface area contributed by atoms with Crippen LogP contribution in [0, 0.1) is 6.92 Å². The van der Waals surface area contributed by atoms with Crippen LogP contribution >= 0.6 is 11.6 Å². The number of hydrogen-bond donors (Lipinski definition) is 0. The number of fused-ring (bicyclic) bond motifs is 1. The van der Waals surface area contributed by atoms with Gasteiger partial charge < -0.3 is 4.57 Å². The van der Waals surface area contributed by atoms with Gasteiger partial charge in [0.25, 0.3) is 0 Å². The average molecular weight is 286 g/mol. The lowest BCUT2D eigenvalue weighted by Crippen LogP contribution is -2.05. The largest absolute Gasteiger partial charge is 0.322 e. The Morgan fingerprint density at radius 2 is 1.95 bits per heavy atom. The fourth-order valence-electron chi connectivity index (χ4n) is 2.40. The van der Waals surface area contributed by atoms with Gasteiger partial charge in [0.2, 0.25) is 0 Å². The number of alkyl halides is 1. The molecular formula is C16H16ClN3. The summed E-state index contributed by atoms with van der Waals surface area (Å²) in [6.45, 7) is 4.79. The summed E-state index contributed by atoms with van der Waals surface area (Å²) >= 11 is 6.29. The van der Waals surface area contributed by atoms with Crippen LogP contribution in [0.2, 0.25) is 0 Å². The van der Waals surface area contributed by atoms with Crippen LogP contribution in [0.25, 0.3) is 11.0 Å². The Balaban J connectivity index is 2.14. The molecule has 0 N–H and O–H groups in total. The first-order chi connectivity index (χ1) is 9.65. The van der Waals surface area contributed by atoms with Crippen molar-refractivity contribution in [3.8, 4) is 0 Å². The Morgan fingerprint density at radius 1 is 1.20 bits per heavy atom. The van der Waals surface area contributed by atoms with Crippen molar-refractivity contribution >= 4 is 22.6 Å². The number of aromatic nitrogens is 3. The van der Waals surface area contributed by atoms with Crippen molar-refractivity contribution in [2.45, 2.75) is 25.8 Å². The molecule has 1 unspecified atom stereocenters. The summed E-state index contributed by atoms with van der Waals surface area (Å²) in [4.78, 5) is 8.74. The van der Waals surface area contributed by atoms with E-state index in [1.807, 2.05) is 31.5 Å². The van der Waals surface area contributed by atoms with E-state index in [1.165, 1.54) is 11.1 Å². The first kappa shape index (κ1) is 13.1. The molecule has 3 rings (SSSR count). The molecule has 0 aliphatic carbocycles. The highest BCUT2D eigenvalue weighted by molar-refractivity contribution is 6.20. The van der Waals surface area contributed by atoms with E-state index in [0.29, 0.717) is 0 Å². The molecule has 2 heterocycles. The number of hydrogen-bond acceptors (Lipinski definition) is 2. The molecule has 0 radical (unpaired) electrons. The van der Waals surface area contributed by atoms with E-state index in [9.17, 15) is 0 Å². The molecule has 0 bridgehead atoms. The Morgan fingerprint density at radius 3 is 2.65 bits per heavy atom. The molecule has 2 aromatic heterocycles. The molecule has 0 aliphatic rings. The highest BCUT2D eigenvalue weighted by Crippen LogP contribution is 2.26. The lowest BCUT2D eigenvalue weighted by Gasteiger charge is -2.10. The third-order valence-electron chi connectivity index (χ3n) is 3.38. The Hall–Kier alpha value is -1.87. The predicted octanol–water partition coefficient (Wildman–Crippen LogP) is 4.09. The molecule has 0 spiro atoms. The highest BCUT2D eigenvalue weighted by atomic mass is 35.5. The molecule has 0 aliphatic heterocycles. The SMILES string of the molecule is Cc1ccc2c(c1)nc(C(C)Cl)n2Cc1ccncc1. The zero-order valence-electron chi connectivity index (χ0n) is 11.5. The summed E-state index contributed by atoms with van der Waals surface area (Å²) in [5.74, 6) is 0.907. The van der Waals surface area contributed by atoms with Crippen LogP contribution in [-0.4, -0.2) is 14.5 Å². The van der Waals surface area contributed by atoms with Crippen LogP contribution in [0.5, 0.6) is 0 Å². The van der Waals surface area contributed by atoms with Gasteiger partial charge in [-0.25, -0.2) is 4.98 Å². The van der Waals surface area contributed by atoms with Crippen LogP contribution in [0.15, 0.2) is 42.7 Å². The standard InChI is InChI=1S/C16H16ClN3/c1-11-3-4-15-14(9-11)19-16(12(2)17)20(15)10-13-5-7-18-8-6-13/h3-9,12H,10H2,1-2H3. The van der Waals surface area contributed by atoms with Crippen LogP contribution in [0.4, 0.5) is 0 Å². The maximum atomic E-state index is 6.29. The number of benzene rings is 1. The van der Waals surface area contributed by atoms with Gasteiger partial charge in [-0.3, -0.25) is 4.98 Å². The third-order valence-corrected chi connectivity index (χ3v) is 3.57. The summed E-state index contributed by atoms with van der Waals surface area (Å²) in [6, 6.07) is 10.4. The monoisotopic (exact) mass is 285 g/mol. The van der Waals surface area contributed by atoms with Gasteiger partial charge in [-0.15, -0.1) is 11.6 Å². The van der Waals surface area contributed by atoms with Gasteiger partial charge in [0.15, 0.2) is 0 Å². The van der Waals surface area contributed by atoms with Crippen molar-refractivity contribution in [2.24, 2.45) is 0 Å². The summed E-state index contributed by atoms with van der Waals surface area (Å²) in [7, 11) is 0. The van der Waals surface area contributed by atoms with Crippen molar-refractivity contribution in [3.63, 3.8) is 0 Å². The van der Waals surface area contributed by atoms with Gasteiger partial charge >= 0.3 is 0 Å². The smallest absolute Gasteiger partial charge is 0.128 e. The molecule has 0 amide bonds. The quantitative estimate of drug-likeness (QED) is 0.679. The van der Waals surface area contributed by atoms with Crippen molar-refractivity contribution < 1.29 is 0 Å². The van der Waals surface area contributed by atoms with E-state index >= 15 is 0 Å². The predicted molar refractivity (Wildman–Crippen MR) is 82.1 cm³/mol. The fourth-order valence-corrected chi connectivity index (χ4v) is 2.57. The van der Waals surface area contributed by atoms with Gasteiger partial charge in [-0.1, -0.05) is 6.07 Å². The minimum Gasteiger partial charge on any atom is -0.322 e. The zero-order chi connectivity index (χ0) is 14.1. The zero-order valence-corrected chi connectivity index (χ0v) is 12.3. The molecule has 0 saturated carbocycles. The van der Waals surface area contributed by atoms with E-state index in [1.54, 1.807) is 0 Å². The first-order valence-electron chi connectivity index (χ1n) is 6.65. The summed E-state index contributed by atoms with van der Waals surface area (Å²) in [5, 5.41) is -0.121. The van der Waals surface area contributed by atoms with Crippen molar-refractivity contribution in [1.82, 2.24) is 14.5 Å². The average Bonchev–Trinajstić information content (AvgIpc) is 2.78. The summed E-state index contributed by atoms with van der Waals surface area (Å²) < 4.78 is 2.18.